The first kappa shape index (κ1) is 18.6. The number of aliphatic imine (C=N–C) groups is 1. The topological polar surface area (TPSA) is 27.6 Å². The SMILES string of the molecule is C#CCCN=C(NCC)N1CCC(CC)(CC)C1.I. The van der Waals surface area contributed by atoms with Crippen molar-refractivity contribution in [2.45, 2.75) is 46.5 Å². The molecule has 0 aromatic rings. The first-order valence-corrected chi connectivity index (χ1v) is 7.18. The Bertz CT molecular complexity index is 316. The number of rotatable bonds is 5. The highest BCUT2D eigenvalue weighted by molar-refractivity contribution is 14.0. The van der Waals surface area contributed by atoms with Crippen LogP contribution in [0.4, 0.5) is 0 Å². The molecule has 110 valence electrons. The average molecular weight is 377 g/mol. The molecule has 4 heteroatoms. The second-order valence-corrected chi connectivity index (χ2v) is 5.07. The van der Waals surface area contributed by atoms with Gasteiger partial charge in [-0.15, -0.1) is 36.3 Å². The molecule has 1 aliphatic heterocycles. The van der Waals surface area contributed by atoms with Gasteiger partial charge in [0.25, 0.3) is 0 Å². The molecule has 0 bridgehead atoms. The van der Waals surface area contributed by atoms with Gasteiger partial charge in [-0.25, -0.2) is 0 Å². The highest BCUT2D eigenvalue weighted by Gasteiger charge is 2.36. The van der Waals surface area contributed by atoms with Gasteiger partial charge in [-0.1, -0.05) is 13.8 Å². The molecule has 1 N–H and O–H groups in total. The second kappa shape index (κ2) is 9.46. The summed E-state index contributed by atoms with van der Waals surface area (Å²) >= 11 is 0. The molecule has 1 rings (SSSR count). The molecule has 0 spiro atoms. The number of hydrogen-bond acceptors (Lipinski definition) is 1. The number of nitrogens with zero attached hydrogens (tertiary/aromatic N) is 2. The van der Waals surface area contributed by atoms with Crippen LogP contribution in [0.2, 0.25) is 0 Å². The predicted octanol–water partition coefficient (Wildman–Crippen LogP) is 3.11. The molecule has 1 fully saturated rings. The van der Waals surface area contributed by atoms with E-state index in [1.54, 1.807) is 0 Å². The van der Waals surface area contributed by atoms with E-state index in [1.165, 1.54) is 19.3 Å². The van der Waals surface area contributed by atoms with Gasteiger partial charge in [0.15, 0.2) is 5.96 Å². The Kier molecular flexibility index (Phi) is 9.24. The smallest absolute Gasteiger partial charge is 0.193 e. The number of nitrogens with one attached hydrogen (secondary N) is 1. The zero-order valence-corrected chi connectivity index (χ0v) is 14.9. The van der Waals surface area contributed by atoms with Crippen LogP contribution in [0.15, 0.2) is 4.99 Å². The minimum absolute atomic E-state index is 0. The van der Waals surface area contributed by atoms with E-state index in [0.717, 1.165) is 38.6 Å². The Labute approximate surface area is 135 Å². The molecule has 0 radical (unpaired) electrons. The molecular weight excluding hydrogens is 349 g/mol. The molecule has 0 atom stereocenters. The summed E-state index contributed by atoms with van der Waals surface area (Å²) in [5.41, 5.74) is 0.488. The number of likely N-dealkylation sites (tertiary alicyclic amines) is 1. The lowest BCUT2D eigenvalue weighted by atomic mass is 9.82. The molecule has 1 heterocycles. The van der Waals surface area contributed by atoms with Crippen molar-refractivity contribution in [3.63, 3.8) is 0 Å². The van der Waals surface area contributed by atoms with Crippen molar-refractivity contribution in [1.29, 1.82) is 0 Å². The van der Waals surface area contributed by atoms with E-state index in [0.29, 0.717) is 5.41 Å². The Morgan fingerprint density at radius 2 is 2.05 bits per heavy atom. The summed E-state index contributed by atoms with van der Waals surface area (Å²) in [5, 5.41) is 3.38. The predicted molar refractivity (Wildman–Crippen MR) is 94.0 cm³/mol. The van der Waals surface area contributed by atoms with Crippen molar-refractivity contribution >= 4 is 29.9 Å². The summed E-state index contributed by atoms with van der Waals surface area (Å²) in [6.07, 6.45) is 9.78. The second-order valence-electron chi connectivity index (χ2n) is 5.07. The Balaban J connectivity index is 0.00000324. The molecule has 0 aromatic carbocycles. The maximum absolute atomic E-state index is 5.28. The molecule has 1 saturated heterocycles. The Morgan fingerprint density at radius 1 is 1.37 bits per heavy atom. The minimum Gasteiger partial charge on any atom is -0.357 e. The Morgan fingerprint density at radius 3 is 2.53 bits per heavy atom. The van der Waals surface area contributed by atoms with Crippen LogP contribution >= 0.6 is 24.0 Å². The molecule has 0 aliphatic carbocycles. The lowest BCUT2D eigenvalue weighted by molar-refractivity contribution is 0.276. The molecule has 0 amide bonds. The highest BCUT2D eigenvalue weighted by atomic mass is 127. The first-order valence-electron chi connectivity index (χ1n) is 7.18. The van der Waals surface area contributed by atoms with Crippen molar-refractivity contribution in [3.8, 4) is 12.3 Å². The monoisotopic (exact) mass is 377 g/mol. The van der Waals surface area contributed by atoms with Crippen LogP contribution in [0.5, 0.6) is 0 Å². The van der Waals surface area contributed by atoms with Crippen LogP contribution in [0.3, 0.4) is 0 Å². The first-order chi connectivity index (χ1) is 8.71. The fraction of sp³-hybridized carbons (Fsp3) is 0.800. The summed E-state index contributed by atoms with van der Waals surface area (Å²) in [5.74, 6) is 3.68. The van der Waals surface area contributed by atoms with E-state index in [9.17, 15) is 0 Å². The summed E-state index contributed by atoms with van der Waals surface area (Å²) < 4.78 is 0. The van der Waals surface area contributed by atoms with Crippen LogP contribution in [0.1, 0.15) is 46.5 Å². The highest BCUT2D eigenvalue weighted by Crippen LogP contribution is 2.36. The third-order valence-corrected chi connectivity index (χ3v) is 4.09. The summed E-state index contributed by atoms with van der Waals surface area (Å²) in [6, 6.07) is 0. The van der Waals surface area contributed by atoms with E-state index in [4.69, 9.17) is 6.42 Å². The van der Waals surface area contributed by atoms with E-state index in [2.05, 4.69) is 41.9 Å². The quantitative estimate of drug-likeness (QED) is 0.262. The van der Waals surface area contributed by atoms with Crippen molar-refractivity contribution < 1.29 is 0 Å². The van der Waals surface area contributed by atoms with Gasteiger partial charge in [0.05, 0.1) is 6.54 Å². The average Bonchev–Trinajstić information content (AvgIpc) is 2.83. The summed E-state index contributed by atoms with van der Waals surface area (Å²) in [7, 11) is 0. The largest absolute Gasteiger partial charge is 0.357 e. The molecule has 0 saturated carbocycles. The zero-order valence-electron chi connectivity index (χ0n) is 12.5. The fourth-order valence-corrected chi connectivity index (χ4v) is 2.60. The zero-order chi connectivity index (χ0) is 13.4. The van der Waals surface area contributed by atoms with E-state index < -0.39 is 0 Å². The standard InChI is InChI=1S/C15H27N3.HI/c1-5-9-11-17-14(16-8-4)18-12-10-15(6-2,7-3)13-18;/h1H,6-13H2,2-4H3,(H,16,17);1H. The van der Waals surface area contributed by atoms with Crippen molar-refractivity contribution in [2.24, 2.45) is 10.4 Å². The van der Waals surface area contributed by atoms with Gasteiger partial charge >= 0.3 is 0 Å². The van der Waals surface area contributed by atoms with Crippen LogP contribution < -0.4 is 5.32 Å². The maximum Gasteiger partial charge on any atom is 0.193 e. The van der Waals surface area contributed by atoms with E-state index in [1.807, 2.05) is 0 Å². The van der Waals surface area contributed by atoms with Gasteiger partial charge in [-0.05, 0) is 31.6 Å². The normalized spacial score (nSPS) is 17.8. The molecule has 0 aromatic heterocycles. The molecular formula is C15H28IN3. The third-order valence-electron chi connectivity index (χ3n) is 4.09. The van der Waals surface area contributed by atoms with Crippen molar-refractivity contribution in [3.05, 3.63) is 0 Å². The number of terminal acetylenes is 1. The van der Waals surface area contributed by atoms with Crippen LogP contribution in [-0.4, -0.2) is 37.0 Å². The number of halogens is 1. The van der Waals surface area contributed by atoms with Gasteiger partial charge < -0.3 is 10.2 Å². The van der Waals surface area contributed by atoms with Crippen LogP contribution in [-0.2, 0) is 0 Å². The van der Waals surface area contributed by atoms with Gasteiger partial charge in [0.2, 0.25) is 0 Å². The van der Waals surface area contributed by atoms with E-state index >= 15 is 0 Å². The molecule has 19 heavy (non-hydrogen) atoms. The minimum atomic E-state index is 0. The third kappa shape index (κ3) is 5.21. The van der Waals surface area contributed by atoms with Crippen LogP contribution in [0, 0.1) is 17.8 Å². The maximum atomic E-state index is 5.28. The van der Waals surface area contributed by atoms with Crippen molar-refractivity contribution in [1.82, 2.24) is 10.2 Å². The molecule has 0 unspecified atom stereocenters. The van der Waals surface area contributed by atoms with Crippen LogP contribution in [0.25, 0.3) is 0 Å². The van der Waals surface area contributed by atoms with E-state index in [-0.39, 0.29) is 24.0 Å². The molecule has 3 nitrogen and oxygen atoms in total. The summed E-state index contributed by atoms with van der Waals surface area (Å²) in [6.45, 7) is 10.6. The lowest BCUT2D eigenvalue weighted by Gasteiger charge is -2.28. The molecule has 1 aliphatic rings. The number of hydrogen-bond donors (Lipinski definition) is 1. The van der Waals surface area contributed by atoms with Crippen molar-refractivity contribution in [2.75, 3.05) is 26.2 Å². The fourth-order valence-electron chi connectivity index (χ4n) is 2.60. The summed E-state index contributed by atoms with van der Waals surface area (Å²) in [4.78, 5) is 7.00. The lowest BCUT2D eigenvalue weighted by Crippen LogP contribution is -2.41. The van der Waals surface area contributed by atoms with Gasteiger partial charge in [0, 0.05) is 26.1 Å². The van der Waals surface area contributed by atoms with Gasteiger partial charge in [-0.3, -0.25) is 4.99 Å². The van der Waals surface area contributed by atoms with Gasteiger partial charge in [-0.2, -0.15) is 0 Å². The Hall–Kier alpha value is -0.440. The van der Waals surface area contributed by atoms with Gasteiger partial charge in [0.1, 0.15) is 0 Å². The number of guanidine groups is 1.